The number of nitrogens with zero attached hydrogens (tertiary/aromatic N) is 2. The van der Waals surface area contributed by atoms with Gasteiger partial charge in [0, 0.05) is 11.1 Å². The Labute approximate surface area is 302 Å². The first-order chi connectivity index (χ1) is 24.8. The quantitative estimate of drug-likeness (QED) is 0.125. The Morgan fingerprint density at radius 2 is 0.981 bits per heavy atom. The van der Waals surface area contributed by atoms with Crippen LogP contribution in [0.2, 0.25) is 0 Å². The van der Waals surface area contributed by atoms with Crippen molar-refractivity contribution in [1.82, 2.24) is 0 Å². The third-order valence-corrected chi connectivity index (χ3v) is 7.68. The third kappa shape index (κ3) is 10.7. The minimum absolute atomic E-state index is 0.00202. The van der Waals surface area contributed by atoms with Crippen molar-refractivity contribution in [3.8, 4) is 0 Å². The van der Waals surface area contributed by atoms with Crippen molar-refractivity contribution in [2.45, 2.75) is 60.1 Å². The summed E-state index contributed by atoms with van der Waals surface area (Å²) < 4.78 is 117. The van der Waals surface area contributed by atoms with E-state index in [1.54, 1.807) is 20.8 Å². The van der Waals surface area contributed by atoms with Gasteiger partial charge < -0.3 is 9.68 Å². The van der Waals surface area contributed by atoms with Crippen LogP contribution in [0, 0.1) is 11.8 Å². The summed E-state index contributed by atoms with van der Waals surface area (Å²) in [4.78, 5) is 57.1. The van der Waals surface area contributed by atoms with Crippen molar-refractivity contribution >= 4 is 34.9 Å². The predicted molar refractivity (Wildman–Crippen MR) is 177 cm³/mol. The monoisotopic (exact) mass is 770 g/mol. The van der Waals surface area contributed by atoms with Crippen molar-refractivity contribution in [3.63, 3.8) is 0 Å². The smallest absolute Gasteiger partial charge is 0.312 e. The Balaban J connectivity index is 0.000000294. The molecule has 8 nitrogen and oxygen atoms in total. The second-order valence-electron chi connectivity index (χ2n) is 12.4. The van der Waals surface area contributed by atoms with E-state index in [9.17, 15) is 58.7 Å². The van der Waals surface area contributed by atoms with Gasteiger partial charge in [0.15, 0.2) is 11.6 Å². The van der Waals surface area contributed by atoms with E-state index in [1.165, 1.54) is 43.4 Å². The lowest BCUT2D eigenvalue weighted by Gasteiger charge is -2.15. The molecule has 0 bridgehead atoms. The van der Waals surface area contributed by atoms with E-state index in [4.69, 9.17) is 0 Å². The van der Waals surface area contributed by atoms with Crippen LogP contribution in [0.25, 0.3) is 0 Å². The first kappa shape index (κ1) is 42.8. The summed E-state index contributed by atoms with van der Waals surface area (Å²) in [7, 11) is 0. The van der Waals surface area contributed by atoms with Crippen LogP contribution >= 0.6 is 0 Å². The van der Waals surface area contributed by atoms with Crippen LogP contribution in [-0.4, -0.2) is 34.9 Å². The molecule has 0 radical (unpaired) electrons. The van der Waals surface area contributed by atoms with Gasteiger partial charge >= 0.3 is 30.5 Å². The number of hydrogen-bond donors (Lipinski definition) is 0. The molecule has 0 atom stereocenters. The second kappa shape index (κ2) is 16.6. The fourth-order valence-corrected chi connectivity index (χ4v) is 4.80. The molecule has 0 saturated heterocycles. The number of hydrogen-bond acceptors (Lipinski definition) is 8. The minimum Gasteiger partial charge on any atom is -0.312 e. The van der Waals surface area contributed by atoms with E-state index in [0.29, 0.717) is 16.7 Å². The van der Waals surface area contributed by atoms with Gasteiger partial charge in [-0.15, -0.1) is 0 Å². The highest BCUT2D eigenvalue weighted by molar-refractivity contribution is 6.22. The first-order valence-electron chi connectivity index (χ1n) is 15.7. The standard InChI is InChI=1S/C19H15F6NO3.C18H16F3NO3/c1-9(2)12-8-15(10(3)6-16(12)27)26-29-17(28)13-7-11(18(20,21)22)4-5-14(13)19(23,24)25;1-10(2)13-9-15(11(3)8-16(13)23)22-25-17(24)12-6-4-5-7-14(12)18(19,20)21/h4-9H,1-3H3;4-10H,1-3H3. The number of ketones is 2. The Hall–Kier alpha value is -5.61. The number of halogens is 9. The van der Waals surface area contributed by atoms with Crippen molar-refractivity contribution in [2.24, 2.45) is 22.1 Å². The van der Waals surface area contributed by atoms with E-state index in [1.807, 2.05) is 13.8 Å². The average molecular weight is 771 g/mol. The summed E-state index contributed by atoms with van der Waals surface area (Å²) in [5, 5.41) is 7.08. The van der Waals surface area contributed by atoms with Crippen molar-refractivity contribution in [3.05, 3.63) is 117 Å². The number of alkyl halides is 9. The van der Waals surface area contributed by atoms with Crippen LogP contribution < -0.4 is 0 Å². The maximum atomic E-state index is 13.1. The van der Waals surface area contributed by atoms with Gasteiger partial charge in [0.25, 0.3) is 0 Å². The molecule has 0 unspecified atom stereocenters. The lowest BCUT2D eigenvalue weighted by molar-refractivity contribution is -0.141. The molecular weight excluding hydrogens is 739 g/mol. The van der Waals surface area contributed by atoms with E-state index >= 15 is 0 Å². The van der Waals surface area contributed by atoms with Crippen molar-refractivity contribution < 1.29 is 68.4 Å². The van der Waals surface area contributed by atoms with E-state index < -0.39 is 58.3 Å². The highest BCUT2D eigenvalue weighted by atomic mass is 19.4. The lowest BCUT2D eigenvalue weighted by Crippen LogP contribution is -2.18. The molecule has 2 aliphatic rings. The molecule has 0 saturated carbocycles. The Morgan fingerprint density at radius 3 is 1.39 bits per heavy atom. The lowest BCUT2D eigenvalue weighted by atomic mass is 9.90. The van der Waals surface area contributed by atoms with Gasteiger partial charge in [-0.05, 0) is 91.5 Å². The van der Waals surface area contributed by atoms with Crippen LogP contribution in [0.3, 0.4) is 0 Å². The van der Waals surface area contributed by atoms with E-state index in [2.05, 4.69) is 20.0 Å². The van der Waals surface area contributed by atoms with E-state index in [-0.39, 0.29) is 58.6 Å². The maximum Gasteiger partial charge on any atom is 0.417 e. The van der Waals surface area contributed by atoms with Crippen molar-refractivity contribution in [1.29, 1.82) is 0 Å². The van der Waals surface area contributed by atoms with Gasteiger partial charge in [-0.3, -0.25) is 9.59 Å². The summed E-state index contributed by atoms with van der Waals surface area (Å²) in [5.41, 5.74) is -4.27. The molecule has 54 heavy (non-hydrogen) atoms. The summed E-state index contributed by atoms with van der Waals surface area (Å²) >= 11 is 0. The fraction of sp³-hybridized carbons (Fsp3) is 0.297. The molecule has 0 fully saturated rings. The Bertz CT molecular complexity index is 2030. The molecule has 0 spiro atoms. The number of oxime groups is 2. The zero-order valence-electron chi connectivity index (χ0n) is 29.3. The maximum absolute atomic E-state index is 13.1. The van der Waals surface area contributed by atoms with Gasteiger partial charge in [-0.1, -0.05) is 50.1 Å². The molecule has 2 aromatic carbocycles. The van der Waals surface area contributed by atoms with Crippen molar-refractivity contribution in [2.75, 3.05) is 0 Å². The molecular formula is C37H31F9N2O6. The van der Waals surface area contributed by atoms with Crippen LogP contribution in [0.5, 0.6) is 0 Å². The largest absolute Gasteiger partial charge is 0.417 e. The molecule has 0 N–H and O–H groups in total. The molecule has 0 aliphatic heterocycles. The summed E-state index contributed by atoms with van der Waals surface area (Å²) in [5.74, 6) is -3.65. The normalized spacial score (nSPS) is 16.8. The van der Waals surface area contributed by atoms with Crippen LogP contribution in [0.1, 0.15) is 78.9 Å². The first-order valence-corrected chi connectivity index (χ1v) is 15.7. The van der Waals surface area contributed by atoms with E-state index in [0.717, 1.165) is 12.1 Å². The molecule has 0 heterocycles. The summed E-state index contributed by atoms with van der Waals surface area (Å²) in [6.45, 7) is 10.1. The number of allylic oxidation sites excluding steroid dienone is 8. The number of benzene rings is 2. The molecule has 4 rings (SSSR count). The molecule has 0 amide bonds. The van der Waals surface area contributed by atoms with Crippen LogP contribution in [-0.2, 0) is 37.8 Å². The van der Waals surface area contributed by atoms with Crippen LogP contribution in [0.4, 0.5) is 39.5 Å². The zero-order valence-corrected chi connectivity index (χ0v) is 29.3. The Kier molecular flexibility index (Phi) is 13.2. The zero-order chi connectivity index (χ0) is 40.9. The molecule has 0 aromatic heterocycles. The molecule has 288 valence electrons. The van der Waals surface area contributed by atoms with Gasteiger partial charge in [0.05, 0.1) is 27.8 Å². The summed E-state index contributed by atoms with van der Waals surface area (Å²) in [6.07, 6.45) is -9.36. The molecule has 2 aliphatic carbocycles. The number of rotatable bonds is 6. The highest BCUT2D eigenvalue weighted by Crippen LogP contribution is 2.37. The topological polar surface area (TPSA) is 111 Å². The Morgan fingerprint density at radius 1 is 0.574 bits per heavy atom. The summed E-state index contributed by atoms with van der Waals surface area (Å²) in [6, 6.07) is 4.76. The highest BCUT2D eigenvalue weighted by Gasteiger charge is 2.39. The second-order valence-corrected chi connectivity index (χ2v) is 12.4. The average Bonchev–Trinajstić information content (AvgIpc) is 3.05. The third-order valence-electron chi connectivity index (χ3n) is 7.68. The number of carbonyl (C=O) groups is 4. The van der Waals surface area contributed by atoms with Gasteiger partial charge in [0.1, 0.15) is 11.4 Å². The predicted octanol–water partition coefficient (Wildman–Crippen LogP) is 9.68. The van der Waals surface area contributed by atoms with Gasteiger partial charge in [-0.25, -0.2) is 9.59 Å². The number of carbonyl (C=O) groups excluding carboxylic acids is 4. The minimum atomic E-state index is -5.08. The van der Waals surface area contributed by atoms with Gasteiger partial charge in [-0.2, -0.15) is 39.5 Å². The SMILES string of the molecule is CC1=CC(=O)C(C(C)C)=CC1=NOC(=O)c1cc(C(F)(F)F)ccc1C(F)(F)F.CC1=CC(=O)C(C(C)C)=CC1=NOC(=O)c1ccccc1C(F)(F)F. The molecule has 17 heteroatoms. The molecule has 2 aromatic rings. The fourth-order valence-electron chi connectivity index (χ4n) is 4.80. The van der Waals surface area contributed by atoms with Crippen LogP contribution in [0.15, 0.2) is 99.4 Å². The van der Waals surface area contributed by atoms with Gasteiger partial charge in [0.2, 0.25) is 0 Å².